The molecule has 0 saturated carbocycles. The summed E-state index contributed by atoms with van der Waals surface area (Å²) >= 11 is 0. The van der Waals surface area contributed by atoms with Crippen LogP contribution in [0.25, 0.3) is 0 Å². The Morgan fingerprint density at radius 1 is 1.30 bits per heavy atom. The second-order valence-electron chi connectivity index (χ2n) is 4.14. The summed E-state index contributed by atoms with van der Waals surface area (Å²) < 4.78 is 56.8. The largest absolute Gasteiger partial charge is 0.396 e. The van der Waals surface area contributed by atoms with Gasteiger partial charge in [-0.15, -0.1) is 0 Å². The van der Waals surface area contributed by atoms with Crippen molar-refractivity contribution in [2.24, 2.45) is 0 Å². The average molecular weight is 303 g/mol. The van der Waals surface area contributed by atoms with Crippen LogP contribution in [0.1, 0.15) is 11.5 Å². The smallest absolute Gasteiger partial charge is 0.238 e. The van der Waals surface area contributed by atoms with E-state index in [0.717, 1.165) is 6.07 Å². The van der Waals surface area contributed by atoms with Gasteiger partial charge < -0.3 is 10.3 Å². The van der Waals surface area contributed by atoms with Crippen LogP contribution in [0.4, 0.5) is 20.2 Å². The number of halogens is 2. The maximum atomic E-state index is 13.4. The van der Waals surface area contributed by atoms with Crippen molar-refractivity contribution in [1.29, 1.82) is 0 Å². The summed E-state index contributed by atoms with van der Waals surface area (Å²) in [7, 11) is -3.92. The van der Waals surface area contributed by atoms with Crippen molar-refractivity contribution in [2.75, 3.05) is 10.5 Å². The predicted molar refractivity (Wildman–Crippen MR) is 68.3 cm³/mol. The molecule has 20 heavy (non-hydrogen) atoms. The molecule has 0 aliphatic carbocycles. The summed E-state index contributed by atoms with van der Waals surface area (Å²) in [4.78, 5) is 0. The Balaban J connectivity index is 2.22. The minimum absolute atomic E-state index is 0.172. The third kappa shape index (κ3) is 3.23. The maximum Gasteiger partial charge on any atom is 0.238 e. The van der Waals surface area contributed by atoms with Crippen molar-refractivity contribution in [1.82, 2.24) is 5.16 Å². The lowest BCUT2D eigenvalue weighted by Gasteiger charge is -2.09. The number of hydrogen-bond acceptors (Lipinski definition) is 5. The molecule has 1 aromatic heterocycles. The topological polar surface area (TPSA) is 98.2 Å². The summed E-state index contributed by atoms with van der Waals surface area (Å²) in [6.45, 7) is 1.61. The Hall–Kier alpha value is -2.16. The first kappa shape index (κ1) is 14.3. The van der Waals surface area contributed by atoms with Crippen LogP contribution in [0.3, 0.4) is 0 Å². The van der Waals surface area contributed by atoms with Gasteiger partial charge in [-0.25, -0.2) is 17.2 Å². The molecule has 0 unspecified atom stereocenters. The van der Waals surface area contributed by atoms with Crippen molar-refractivity contribution in [3.8, 4) is 0 Å². The summed E-state index contributed by atoms with van der Waals surface area (Å²) in [6.07, 6.45) is 0. The monoisotopic (exact) mass is 303 g/mol. The second-order valence-corrected chi connectivity index (χ2v) is 5.87. The lowest BCUT2D eigenvalue weighted by atomic mass is 10.2. The molecule has 0 fully saturated rings. The highest BCUT2D eigenvalue weighted by Crippen LogP contribution is 2.22. The Morgan fingerprint density at radius 2 is 2.00 bits per heavy atom. The number of aromatic nitrogens is 1. The zero-order chi connectivity index (χ0) is 14.9. The van der Waals surface area contributed by atoms with Crippen molar-refractivity contribution < 1.29 is 21.7 Å². The Bertz CT molecular complexity index is 743. The minimum atomic E-state index is -3.92. The summed E-state index contributed by atoms with van der Waals surface area (Å²) in [5.74, 6) is -2.07. The van der Waals surface area contributed by atoms with Crippen molar-refractivity contribution in [3.63, 3.8) is 0 Å². The van der Waals surface area contributed by atoms with E-state index in [9.17, 15) is 17.2 Å². The van der Waals surface area contributed by atoms with Crippen LogP contribution in [0, 0.1) is 18.6 Å². The van der Waals surface area contributed by atoms with Crippen LogP contribution in [-0.2, 0) is 15.8 Å². The van der Waals surface area contributed by atoms with E-state index in [0.29, 0.717) is 11.8 Å². The molecule has 0 radical (unpaired) electrons. The van der Waals surface area contributed by atoms with E-state index >= 15 is 0 Å². The normalized spacial score (nSPS) is 11.6. The molecule has 0 saturated heterocycles. The first-order valence-corrected chi connectivity index (χ1v) is 7.09. The van der Waals surface area contributed by atoms with Gasteiger partial charge in [0.1, 0.15) is 28.8 Å². The first-order chi connectivity index (χ1) is 9.27. The molecule has 2 aromatic rings. The zero-order valence-corrected chi connectivity index (χ0v) is 11.2. The fourth-order valence-electron chi connectivity index (χ4n) is 1.53. The van der Waals surface area contributed by atoms with Gasteiger partial charge in [-0.2, -0.15) is 0 Å². The molecule has 1 heterocycles. The standard InChI is InChI=1S/C11H11F2N3O3S/c1-6-2-7(15-19-6)5-20(17,18)16-11-4-10(14)8(12)3-9(11)13/h2-4,16H,5,14H2,1H3. The van der Waals surface area contributed by atoms with Crippen LogP contribution in [-0.4, -0.2) is 13.6 Å². The van der Waals surface area contributed by atoms with E-state index in [-0.39, 0.29) is 11.4 Å². The summed E-state index contributed by atoms with van der Waals surface area (Å²) in [5.41, 5.74) is 4.65. The number of nitrogens with one attached hydrogen (secondary N) is 1. The highest BCUT2D eigenvalue weighted by Gasteiger charge is 2.18. The van der Waals surface area contributed by atoms with Gasteiger partial charge in [0, 0.05) is 12.1 Å². The zero-order valence-electron chi connectivity index (χ0n) is 10.4. The van der Waals surface area contributed by atoms with Crippen LogP contribution in [0.5, 0.6) is 0 Å². The van der Waals surface area contributed by atoms with Gasteiger partial charge in [-0.1, -0.05) is 5.16 Å². The molecular weight excluding hydrogens is 292 g/mol. The maximum absolute atomic E-state index is 13.4. The number of anilines is 2. The van der Waals surface area contributed by atoms with Crippen LogP contribution in [0.15, 0.2) is 22.7 Å². The first-order valence-electron chi connectivity index (χ1n) is 5.44. The number of sulfonamides is 1. The molecular formula is C11H11F2N3O3S. The fourth-order valence-corrected chi connectivity index (χ4v) is 2.62. The molecule has 0 spiro atoms. The summed E-state index contributed by atoms with van der Waals surface area (Å²) in [6, 6.07) is 2.82. The number of nitrogens with two attached hydrogens (primary N) is 1. The van der Waals surface area contributed by atoms with Gasteiger partial charge in [-0.05, 0) is 13.0 Å². The molecule has 108 valence electrons. The van der Waals surface area contributed by atoms with Crippen molar-refractivity contribution >= 4 is 21.4 Å². The molecule has 0 amide bonds. The SMILES string of the molecule is Cc1cc(CS(=O)(=O)Nc2cc(N)c(F)cc2F)no1. The number of rotatable bonds is 4. The van der Waals surface area contributed by atoms with Crippen LogP contribution in [0.2, 0.25) is 0 Å². The lowest BCUT2D eigenvalue weighted by Crippen LogP contribution is -2.16. The lowest BCUT2D eigenvalue weighted by molar-refractivity contribution is 0.392. The third-order valence-electron chi connectivity index (χ3n) is 2.37. The highest BCUT2D eigenvalue weighted by atomic mass is 32.2. The van der Waals surface area contributed by atoms with Gasteiger partial charge >= 0.3 is 0 Å². The average Bonchev–Trinajstić information content (AvgIpc) is 2.70. The van der Waals surface area contributed by atoms with Crippen LogP contribution < -0.4 is 10.5 Å². The Kier molecular flexibility index (Phi) is 3.62. The van der Waals surface area contributed by atoms with Crippen molar-refractivity contribution in [2.45, 2.75) is 12.7 Å². The molecule has 1 aromatic carbocycles. The molecule has 0 atom stereocenters. The van der Waals surface area contributed by atoms with Gasteiger partial charge in [0.15, 0.2) is 0 Å². The highest BCUT2D eigenvalue weighted by molar-refractivity contribution is 7.91. The summed E-state index contributed by atoms with van der Waals surface area (Å²) in [5, 5.41) is 3.52. The number of aryl methyl sites for hydroxylation is 1. The van der Waals surface area contributed by atoms with E-state index in [4.69, 9.17) is 10.3 Å². The molecule has 6 nitrogen and oxygen atoms in total. The van der Waals surface area contributed by atoms with E-state index < -0.39 is 33.1 Å². The number of nitrogen functional groups attached to an aromatic ring is 1. The third-order valence-corrected chi connectivity index (χ3v) is 3.57. The van der Waals surface area contributed by atoms with E-state index in [2.05, 4.69) is 5.16 Å². The van der Waals surface area contributed by atoms with Gasteiger partial charge in [0.2, 0.25) is 10.0 Å². The fraction of sp³-hybridized carbons (Fsp3) is 0.182. The van der Waals surface area contributed by atoms with Gasteiger partial charge in [0.05, 0.1) is 11.4 Å². The van der Waals surface area contributed by atoms with E-state index in [1.807, 2.05) is 4.72 Å². The van der Waals surface area contributed by atoms with Gasteiger partial charge in [0.25, 0.3) is 0 Å². The predicted octanol–water partition coefficient (Wildman–Crippen LogP) is 1.79. The minimum Gasteiger partial charge on any atom is -0.396 e. The molecule has 0 bridgehead atoms. The molecule has 2 rings (SSSR count). The van der Waals surface area contributed by atoms with Crippen LogP contribution >= 0.6 is 0 Å². The second kappa shape index (κ2) is 5.08. The Morgan fingerprint density at radius 3 is 2.60 bits per heavy atom. The van der Waals surface area contributed by atoms with Crippen molar-refractivity contribution in [3.05, 3.63) is 41.3 Å². The molecule has 0 aliphatic rings. The molecule has 3 N–H and O–H groups in total. The molecule has 0 aliphatic heterocycles. The Labute approximate surface area is 113 Å². The number of hydrogen-bond donors (Lipinski definition) is 2. The number of benzene rings is 1. The molecule has 9 heteroatoms. The van der Waals surface area contributed by atoms with Gasteiger partial charge in [-0.3, -0.25) is 4.72 Å². The van der Waals surface area contributed by atoms with E-state index in [1.165, 1.54) is 6.07 Å². The number of nitrogens with zero attached hydrogens (tertiary/aromatic N) is 1. The van der Waals surface area contributed by atoms with E-state index in [1.54, 1.807) is 6.92 Å². The quantitative estimate of drug-likeness (QED) is 0.839.